The quantitative estimate of drug-likeness (QED) is 0.582. The Morgan fingerprint density at radius 1 is 1.14 bits per heavy atom. The van der Waals surface area contributed by atoms with Gasteiger partial charge in [0.2, 0.25) is 0 Å². The van der Waals surface area contributed by atoms with Crippen molar-refractivity contribution in [3.05, 3.63) is 83.7 Å². The van der Waals surface area contributed by atoms with Crippen molar-refractivity contribution in [2.75, 3.05) is 5.32 Å². The lowest BCUT2D eigenvalue weighted by atomic mass is 9.92. The normalized spacial score (nSPS) is 18.2. The molecule has 3 aromatic rings. The minimum Gasteiger partial charge on any atom is -0.322 e. The van der Waals surface area contributed by atoms with Crippen LogP contribution in [-0.4, -0.2) is 27.6 Å². The van der Waals surface area contributed by atoms with E-state index in [1.54, 1.807) is 42.1 Å². The first-order valence-electron chi connectivity index (χ1n) is 9.06. The predicted molar refractivity (Wildman–Crippen MR) is 106 cm³/mol. The van der Waals surface area contributed by atoms with Gasteiger partial charge in [-0.25, -0.2) is 4.79 Å². The lowest BCUT2D eigenvalue weighted by Gasteiger charge is -2.21. The first-order chi connectivity index (χ1) is 13.9. The van der Waals surface area contributed by atoms with Gasteiger partial charge < -0.3 is 10.6 Å². The number of carbonyl (C=O) groups is 3. The standard InChI is InChI=1S/C21H19N5O3/c1-21(19(28)24-20(29)25-21)16-8-5-9-17(10-16)23-18(27)15-11-22-26(13-15)12-14-6-3-2-4-7-14/h2-11,13H,12H2,1H3,(H,23,27)(H2,24,25,28,29). The zero-order valence-corrected chi connectivity index (χ0v) is 15.7. The molecule has 2 heterocycles. The largest absolute Gasteiger partial charge is 0.322 e. The molecule has 1 aliphatic heterocycles. The summed E-state index contributed by atoms with van der Waals surface area (Å²) in [7, 11) is 0. The van der Waals surface area contributed by atoms with Gasteiger partial charge in [0, 0.05) is 11.9 Å². The fourth-order valence-corrected chi connectivity index (χ4v) is 3.20. The van der Waals surface area contributed by atoms with E-state index in [-0.39, 0.29) is 5.91 Å². The number of anilines is 1. The predicted octanol–water partition coefficient (Wildman–Crippen LogP) is 2.24. The van der Waals surface area contributed by atoms with Gasteiger partial charge in [-0.1, -0.05) is 42.5 Å². The number of nitrogens with one attached hydrogen (secondary N) is 3. The zero-order valence-electron chi connectivity index (χ0n) is 15.7. The first kappa shape index (κ1) is 18.4. The van der Waals surface area contributed by atoms with Crippen LogP contribution in [0, 0.1) is 0 Å². The molecular formula is C21H19N5O3. The minimum atomic E-state index is -1.18. The van der Waals surface area contributed by atoms with Gasteiger partial charge >= 0.3 is 6.03 Å². The number of hydrogen-bond donors (Lipinski definition) is 3. The van der Waals surface area contributed by atoms with Crippen molar-refractivity contribution in [1.82, 2.24) is 20.4 Å². The average Bonchev–Trinajstić information content (AvgIpc) is 3.27. The van der Waals surface area contributed by atoms with Crippen molar-refractivity contribution in [3.63, 3.8) is 0 Å². The van der Waals surface area contributed by atoms with Crippen LogP contribution in [-0.2, 0) is 16.9 Å². The van der Waals surface area contributed by atoms with E-state index in [2.05, 4.69) is 21.0 Å². The van der Waals surface area contributed by atoms with Crippen molar-refractivity contribution in [1.29, 1.82) is 0 Å². The van der Waals surface area contributed by atoms with Crippen LogP contribution in [0.15, 0.2) is 67.0 Å². The summed E-state index contributed by atoms with van der Waals surface area (Å²) in [4.78, 5) is 36.2. The highest BCUT2D eigenvalue weighted by atomic mass is 16.2. The van der Waals surface area contributed by atoms with Gasteiger partial charge in [-0.2, -0.15) is 5.10 Å². The lowest BCUT2D eigenvalue weighted by Crippen LogP contribution is -2.40. The molecule has 1 fully saturated rings. The maximum absolute atomic E-state index is 12.6. The molecule has 0 bridgehead atoms. The topological polar surface area (TPSA) is 105 Å². The maximum atomic E-state index is 12.6. The number of amides is 4. The van der Waals surface area contributed by atoms with Gasteiger partial charge in [-0.05, 0) is 30.2 Å². The van der Waals surface area contributed by atoms with Crippen LogP contribution < -0.4 is 16.0 Å². The number of rotatable bonds is 5. The lowest BCUT2D eigenvalue weighted by molar-refractivity contribution is -0.123. The highest BCUT2D eigenvalue weighted by molar-refractivity contribution is 6.07. The van der Waals surface area contributed by atoms with E-state index < -0.39 is 17.5 Å². The van der Waals surface area contributed by atoms with Crippen molar-refractivity contribution in [3.8, 4) is 0 Å². The van der Waals surface area contributed by atoms with Gasteiger partial charge in [0.05, 0.1) is 18.3 Å². The Hall–Kier alpha value is -3.94. The van der Waals surface area contributed by atoms with Crippen LogP contribution in [0.5, 0.6) is 0 Å². The van der Waals surface area contributed by atoms with Gasteiger partial charge in [0.25, 0.3) is 11.8 Å². The number of hydrogen-bond acceptors (Lipinski definition) is 4. The van der Waals surface area contributed by atoms with E-state index in [0.29, 0.717) is 23.4 Å². The third kappa shape index (κ3) is 3.73. The fraction of sp³-hybridized carbons (Fsp3) is 0.143. The van der Waals surface area contributed by atoms with Crippen LogP contribution in [0.4, 0.5) is 10.5 Å². The molecule has 4 amide bonds. The Kier molecular flexibility index (Phi) is 4.59. The molecule has 29 heavy (non-hydrogen) atoms. The molecule has 1 unspecified atom stereocenters. The Bertz CT molecular complexity index is 1090. The van der Waals surface area contributed by atoms with Gasteiger partial charge in [0.1, 0.15) is 5.54 Å². The zero-order chi connectivity index (χ0) is 20.4. The molecule has 0 saturated carbocycles. The highest BCUT2D eigenvalue weighted by Crippen LogP contribution is 2.26. The average molecular weight is 389 g/mol. The van der Waals surface area contributed by atoms with Gasteiger partial charge in [-0.15, -0.1) is 0 Å². The van der Waals surface area contributed by atoms with Crippen LogP contribution in [0.1, 0.15) is 28.4 Å². The third-order valence-electron chi connectivity index (χ3n) is 4.83. The Morgan fingerprint density at radius 3 is 2.66 bits per heavy atom. The monoisotopic (exact) mass is 389 g/mol. The van der Waals surface area contributed by atoms with E-state index in [0.717, 1.165) is 5.56 Å². The summed E-state index contributed by atoms with van der Waals surface area (Å²) in [5.41, 5.74) is 1.40. The molecule has 2 aromatic carbocycles. The molecule has 1 saturated heterocycles. The number of carbonyl (C=O) groups excluding carboxylic acids is 3. The molecule has 0 aliphatic carbocycles. The van der Waals surface area contributed by atoms with E-state index in [1.807, 2.05) is 30.3 Å². The number of imide groups is 1. The van der Waals surface area contributed by atoms with E-state index in [9.17, 15) is 14.4 Å². The summed E-state index contributed by atoms with van der Waals surface area (Å²) in [5.74, 6) is -0.750. The van der Waals surface area contributed by atoms with E-state index >= 15 is 0 Å². The minimum absolute atomic E-state index is 0.313. The van der Waals surface area contributed by atoms with Crippen LogP contribution in [0.3, 0.4) is 0 Å². The summed E-state index contributed by atoms with van der Waals surface area (Å²) >= 11 is 0. The molecule has 3 N–H and O–H groups in total. The number of benzene rings is 2. The summed E-state index contributed by atoms with van der Waals surface area (Å²) in [6.07, 6.45) is 3.19. The SMILES string of the molecule is CC1(c2cccc(NC(=O)c3cnn(Cc4ccccc4)c3)c2)NC(=O)NC1=O. The van der Waals surface area contributed by atoms with Gasteiger partial charge in [0.15, 0.2) is 0 Å². The van der Waals surface area contributed by atoms with Crippen molar-refractivity contribution >= 4 is 23.5 Å². The Morgan fingerprint density at radius 2 is 1.93 bits per heavy atom. The fourth-order valence-electron chi connectivity index (χ4n) is 3.20. The van der Waals surface area contributed by atoms with Crippen LogP contribution >= 0.6 is 0 Å². The molecule has 8 nitrogen and oxygen atoms in total. The van der Waals surface area contributed by atoms with Crippen molar-refractivity contribution in [2.24, 2.45) is 0 Å². The molecule has 4 rings (SSSR count). The molecule has 1 aliphatic rings. The first-order valence-corrected chi connectivity index (χ1v) is 9.06. The highest BCUT2D eigenvalue weighted by Gasteiger charge is 2.43. The second kappa shape index (κ2) is 7.23. The molecule has 0 radical (unpaired) electrons. The summed E-state index contributed by atoms with van der Waals surface area (Å²) in [5, 5.41) is 11.9. The molecule has 146 valence electrons. The Labute approximate surface area is 166 Å². The smallest absolute Gasteiger partial charge is 0.322 e. The number of nitrogens with zero attached hydrogens (tertiary/aromatic N) is 2. The molecule has 8 heteroatoms. The second-order valence-electron chi connectivity index (χ2n) is 6.98. The summed E-state index contributed by atoms with van der Waals surface area (Å²) in [6, 6.07) is 16.1. The van der Waals surface area contributed by atoms with Crippen molar-refractivity contribution < 1.29 is 14.4 Å². The van der Waals surface area contributed by atoms with Crippen LogP contribution in [0.2, 0.25) is 0 Å². The second-order valence-corrected chi connectivity index (χ2v) is 6.98. The van der Waals surface area contributed by atoms with E-state index in [4.69, 9.17) is 0 Å². The Balaban J connectivity index is 1.48. The third-order valence-corrected chi connectivity index (χ3v) is 4.83. The molecule has 0 spiro atoms. The number of aromatic nitrogens is 2. The molecule has 1 aromatic heterocycles. The number of urea groups is 1. The molecular weight excluding hydrogens is 370 g/mol. The van der Waals surface area contributed by atoms with Crippen molar-refractivity contribution in [2.45, 2.75) is 19.0 Å². The van der Waals surface area contributed by atoms with E-state index in [1.165, 1.54) is 6.20 Å². The molecule has 1 atom stereocenters. The van der Waals surface area contributed by atoms with Gasteiger partial charge in [-0.3, -0.25) is 19.6 Å². The maximum Gasteiger partial charge on any atom is 0.322 e. The van der Waals surface area contributed by atoms with Crippen LogP contribution in [0.25, 0.3) is 0 Å². The summed E-state index contributed by atoms with van der Waals surface area (Å²) < 4.78 is 1.69. The summed E-state index contributed by atoms with van der Waals surface area (Å²) in [6.45, 7) is 2.18.